The van der Waals surface area contributed by atoms with Crippen molar-refractivity contribution in [1.82, 2.24) is 9.13 Å². The highest BCUT2D eigenvalue weighted by Crippen LogP contribution is 2.17. The van der Waals surface area contributed by atoms with E-state index in [1.807, 2.05) is 70.8 Å². The average molecular weight is 267 g/mol. The Kier molecular flexibility index (Phi) is 3.16. The van der Waals surface area contributed by atoms with E-state index >= 15 is 0 Å². The highest BCUT2D eigenvalue weighted by Gasteiger charge is 2.13. The molecular formula is C16H17N3O. The topological polar surface area (TPSA) is 53.9 Å². The highest BCUT2D eigenvalue weighted by molar-refractivity contribution is 5.75. The van der Waals surface area contributed by atoms with E-state index < -0.39 is 6.10 Å². The van der Waals surface area contributed by atoms with Crippen LogP contribution in [0.4, 0.5) is 0 Å². The van der Waals surface area contributed by atoms with Crippen molar-refractivity contribution < 1.29 is 5.11 Å². The van der Waals surface area contributed by atoms with E-state index in [9.17, 15) is 5.11 Å². The molecule has 20 heavy (non-hydrogen) atoms. The minimum absolute atomic E-state index is 0.379. The molecule has 1 aromatic heterocycles. The molecule has 3 rings (SSSR count). The summed E-state index contributed by atoms with van der Waals surface area (Å²) >= 11 is 0. The van der Waals surface area contributed by atoms with Gasteiger partial charge in [0.1, 0.15) is 0 Å². The fourth-order valence-corrected chi connectivity index (χ4v) is 2.52. The Balaban J connectivity index is 2.04. The molecule has 2 N–H and O–H groups in total. The third-order valence-electron chi connectivity index (χ3n) is 3.65. The van der Waals surface area contributed by atoms with Crippen molar-refractivity contribution in [2.24, 2.45) is 7.05 Å². The molecule has 0 unspecified atom stereocenters. The van der Waals surface area contributed by atoms with Crippen LogP contribution in [-0.2, 0) is 13.6 Å². The number of para-hydroxylation sites is 2. The molecule has 0 spiro atoms. The van der Waals surface area contributed by atoms with E-state index in [4.69, 9.17) is 5.41 Å². The number of aromatic nitrogens is 2. The number of hydrogen-bond donors (Lipinski definition) is 2. The van der Waals surface area contributed by atoms with Crippen LogP contribution in [0.15, 0.2) is 54.6 Å². The lowest BCUT2D eigenvalue weighted by molar-refractivity contribution is 0.156. The van der Waals surface area contributed by atoms with Crippen molar-refractivity contribution >= 4 is 11.0 Å². The molecule has 4 nitrogen and oxygen atoms in total. The number of imidazole rings is 1. The molecule has 0 aliphatic heterocycles. The maximum absolute atomic E-state index is 10.4. The van der Waals surface area contributed by atoms with Crippen molar-refractivity contribution in [1.29, 1.82) is 5.41 Å². The van der Waals surface area contributed by atoms with Gasteiger partial charge in [-0.1, -0.05) is 42.5 Å². The molecule has 0 aliphatic carbocycles. The van der Waals surface area contributed by atoms with Gasteiger partial charge >= 0.3 is 0 Å². The number of aliphatic hydroxyl groups is 1. The lowest BCUT2D eigenvalue weighted by Crippen LogP contribution is -2.25. The number of aliphatic hydroxyl groups excluding tert-OH is 1. The van der Waals surface area contributed by atoms with Crippen molar-refractivity contribution in [2.75, 3.05) is 0 Å². The third-order valence-corrected chi connectivity index (χ3v) is 3.65. The molecule has 0 bridgehead atoms. The molecule has 0 saturated heterocycles. The SMILES string of the molecule is Cn1c(=N)n(C[C@H](O)c2ccccc2)c2ccccc21. The van der Waals surface area contributed by atoms with E-state index in [0.717, 1.165) is 16.6 Å². The molecule has 4 heteroatoms. The molecular weight excluding hydrogens is 250 g/mol. The summed E-state index contributed by atoms with van der Waals surface area (Å²) in [5.74, 6) is 0. The molecule has 0 saturated carbocycles. The minimum Gasteiger partial charge on any atom is -0.387 e. The maximum atomic E-state index is 10.4. The second-order valence-electron chi connectivity index (χ2n) is 4.91. The van der Waals surface area contributed by atoms with E-state index in [1.54, 1.807) is 0 Å². The van der Waals surface area contributed by atoms with Crippen molar-refractivity contribution in [3.8, 4) is 0 Å². The fourth-order valence-electron chi connectivity index (χ4n) is 2.52. The molecule has 0 fully saturated rings. The number of hydrogen-bond acceptors (Lipinski definition) is 2. The van der Waals surface area contributed by atoms with Gasteiger partial charge in [0.2, 0.25) is 5.62 Å². The van der Waals surface area contributed by atoms with E-state index in [2.05, 4.69) is 0 Å². The first-order chi connectivity index (χ1) is 9.68. The zero-order valence-corrected chi connectivity index (χ0v) is 11.3. The number of aryl methyl sites for hydroxylation is 1. The Morgan fingerprint density at radius 2 is 1.60 bits per heavy atom. The lowest BCUT2D eigenvalue weighted by atomic mass is 10.1. The third kappa shape index (κ3) is 2.04. The average Bonchev–Trinajstić information content (AvgIpc) is 2.74. The Bertz CT molecular complexity index is 786. The smallest absolute Gasteiger partial charge is 0.202 e. The monoisotopic (exact) mass is 267 g/mol. The van der Waals surface area contributed by atoms with Crippen molar-refractivity contribution in [3.63, 3.8) is 0 Å². The van der Waals surface area contributed by atoms with Gasteiger partial charge in [-0.25, -0.2) is 0 Å². The Labute approximate surface area is 117 Å². The molecule has 102 valence electrons. The molecule has 2 aromatic carbocycles. The van der Waals surface area contributed by atoms with Gasteiger partial charge in [0, 0.05) is 7.05 Å². The first-order valence-corrected chi connectivity index (χ1v) is 6.60. The van der Waals surface area contributed by atoms with Crippen molar-refractivity contribution in [2.45, 2.75) is 12.6 Å². The minimum atomic E-state index is -0.615. The number of fused-ring (bicyclic) bond motifs is 1. The number of nitrogens with zero attached hydrogens (tertiary/aromatic N) is 2. The number of rotatable bonds is 3. The van der Waals surface area contributed by atoms with Gasteiger partial charge < -0.3 is 14.2 Å². The van der Waals surface area contributed by atoms with Crippen LogP contribution in [-0.4, -0.2) is 14.2 Å². The lowest BCUT2D eigenvalue weighted by Gasteiger charge is -2.12. The van der Waals surface area contributed by atoms with Crippen LogP contribution < -0.4 is 5.62 Å². The van der Waals surface area contributed by atoms with Crippen LogP contribution in [0.1, 0.15) is 11.7 Å². The molecule has 1 atom stereocenters. The summed E-state index contributed by atoms with van der Waals surface area (Å²) in [5.41, 5.74) is 3.22. The van der Waals surface area contributed by atoms with Crippen LogP contribution in [0.25, 0.3) is 11.0 Å². The van der Waals surface area contributed by atoms with Gasteiger partial charge in [0.15, 0.2) is 0 Å². The Hall–Kier alpha value is -2.33. The summed E-state index contributed by atoms with van der Waals surface area (Å²) in [6, 6.07) is 17.4. The predicted molar refractivity (Wildman–Crippen MR) is 78.2 cm³/mol. The summed E-state index contributed by atoms with van der Waals surface area (Å²) in [6.45, 7) is 0.379. The molecule has 1 heterocycles. The molecule has 0 radical (unpaired) electrons. The molecule has 0 aliphatic rings. The summed E-state index contributed by atoms with van der Waals surface area (Å²) in [7, 11) is 1.87. The van der Waals surface area contributed by atoms with Gasteiger partial charge in [0.25, 0.3) is 0 Å². The van der Waals surface area contributed by atoms with Gasteiger partial charge in [-0.2, -0.15) is 0 Å². The van der Waals surface area contributed by atoms with Gasteiger partial charge in [-0.15, -0.1) is 0 Å². The van der Waals surface area contributed by atoms with Crippen LogP contribution in [0.3, 0.4) is 0 Å². The molecule has 3 aromatic rings. The van der Waals surface area contributed by atoms with Gasteiger partial charge in [-0.3, -0.25) is 5.41 Å². The normalized spacial score (nSPS) is 12.7. The van der Waals surface area contributed by atoms with Gasteiger partial charge in [0.05, 0.1) is 23.7 Å². The quantitative estimate of drug-likeness (QED) is 0.751. The summed E-state index contributed by atoms with van der Waals surface area (Å²) < 4.78 is 3.67. The second kappa shape index (κ2) is 4.98. The van der Waals surface area contributed by atoms with Crippen LogP contribution in [0, 0.1) is 5.41 Å². The van der Waals surface area contributed by atoms with Crippen LogP contribution in [0.5, 0.6) is 0 Å². The summed E-state index contributed by atoms with van der Waals surface area (Å²) in [6.07, 6.45) is -0.615. The predicted octanol–water partition coefficient (Wildman–Crippen LogP) is 2.19. The van der Waals surface area contributed by atoms with Crippen LogP contribution in [0.2, 0.25) is 0 Å². The fraction of sp³-hybridized carbons (Fsp3) is 0.188. The zero-order valence-electron chi connectivity index (χ0n) is 11.3. The number of nitrogens with one attached hydrogen (secondary N) is 1. The summed E-state index contributed by atoms with van der Waals surface area (Å²) in [5, 5.41) is 18.5. The zero-order chi connectivity index (χ0) is 14.1. The van der Waals surface area contributed by atoms with Crippen LogP contribution >= 0.6 is 0 Å². The van der Waals surface area contributed by atoms with Crippen molar-refractivity contribution in [3.05, 3.63) is 65.8 Å². The first kappa shape index (κ1) is 12.7. The second-order valence-corrected chi connectivity index (χ2v) is 4.91. The molecule has 0 amide bonds. The Morgan fingerprint density at radius 1 is 1.00 bits per heavy atom. The number of benzene rings is 2. The van der Waals surface area contributed by atoms with E-state index in [0.29, 0.717) is 12.2 Å². The van der Waals surface area contributed by atoms with E-state index in [1.165, 1.54) is 0 Å². The Morgan fingerprint density at radius 3 is 2.30 bits per heavy atom. The summed E-state index contributed by atoms with van der Waals surface area (Å²) in [4.78, 5) is 0. The van der Waals surface area contributed by atoms with E-state index in [-0.39, 0.29) is 0 Å². The maximum Gasteiger partial charge on any atom is 0.202 e. The highest BCUT2D eigenvalue weighted by atomic mass is 16.3. The van der Waals surface area contributed by atoms with Gasteiger partial charge in [-0.05, 0) is 17.7 Å². The largest absolute Gasteiger partial charge is 0.387 e. The first-order valence-electron chi connectivity index (χ1n) is 6.60. The standard InChI is InChI=1S/C16H17N3O/c1-18-13-9-5-6-10-14(13)19(16(18)17)11-15(20)12-7-3-2-4-8-12/h2-10,15,17,20H,11H2,1H3/t15-/m0/s1.